The first-order valence-electron chi connectivity index (χ1n) is 6.38. The SMILES string of the molecule is COc1ccc(NC(=O)Cc2ccc(OC)c(F)c2)cc1. The van der Waals surface area contributed by atoms with Crippen LogP contribution >= 0.6 is 0 Å². The van der Waals surface area contributed by atoms with Gasteiger partial charge in [-0.25, -0.2) is 4.39 Å². The number of carbonyl (C=O) groups is 1. The van der Waals surface area contributed by atoms with E-state index in [1.165, 1.54) is 19.2 Å². The quantitative estimate of drug-likeness (QED) is 0.920. The number of halogens is 1. The van der Waals surface area contributed by atoms with Crippen molar-refractivity contribution in [3.05, 3.63) is 53.8 Å². The first-order chi connectivity index (χ1) is 10.1. The van der Waals surface area contributed by atoms with Crippen LogP contribution in [0.4, 0.5) is 10.1 Å². The average molecular weight is 289 g/mol. The molecule has 110 valence electrons. The minimum absolute atomic E-state index is 0.0902. The van der Waals surface area contributed by atoms with E-state index in [0.717, 1.165) is 0 Å². The van der Waals surface area contributed by atoms with Crippen molar-refractivity contribution in [2.24, 2.45) is 0 Å². The Kier molecular flexibility index (Phi) is 4.77. The number of anilines is 1. The Hall–Kier alpha value is -2.56. The van der Waals surface area contributed by atoms with Crippen molar-refractivity contribution in [1.29, 1.82) is 0 Å². The highest BCUT2D eigenvalue weighted by molar-refractivity contribution is 5.92. The van der Waals surface area contributed by atoms with Crippen molar-refractivity contribution >= 4 is 11.6 Å². The summed E-state index contributed by atoms with van der Waals surface area (Å²) in [6.45, 7) is 0. The number of hydrogen-bond acceptors (Lipinski definition) is 3. The van der Waals surface area contributed by atoms with Gasteiger partial charge in [-0.3, -0.25) is 4.79 Å². The lowest BCUT2D eigenvalue weighted by Crippen LogP contribution is -2.14. The third-order valence-corrected chi connectivity index (χ3v) is 2.95. The molecule has 21 heavy (non-hydrogen) atoms. The maximum absolute atomic E-state index is 13.5. The molecule has 0 bridgehead atoms. The van der Waals surface area contributed by atoms with Gasteiger partial charge in [0.2, 0.25) is 5.91 Å². The second-order valence-corrected chi connectivity index (χ2v) is 4.42. The lowest BCUT2D eigenvalue weighted by Gasteiger charge is -2.07. The van der Waals surface area contributed by atoms with Gasteiger partial charge in [-0.15, -0.1) is 0 Å². The molecule has 0 saturated carbocycles. The fraction of sp³-hybridized carbons (Fsp3) is 0.188. The number of hydrogen-bond donors (Lipinski definition) is 1. The van der Waals surface area contributed by atoms with E-state index in [2.05, 4.69) is 5.32 Å². The highest BCUT2D eigenvalue weighted by Crippen LogP contribution is 2.19. The standard InChI is InChI=1S/C16H16FNO3/c1-20-13-6-4-12(5-7-13)18-16(19)10-11-3-8-15(21-2)14(17)9-11/h3-9H,10H2,1-2H3,(H,18,19). The molecular formula is C16H16FNO3. The zero-order valence-electron chi connectivity index (χ0n) is 11.9. The Balaban J connectivity index is 1.99. The largest absolute Gasteiger partial charge is 0.497 e. The zero-order chi connectivity index (χ0) is 15.2. The fourth-order valence-electron chi connectivity index (χ4n) is 1.88. The van der Waals surface area contributed by atoms with Crippen molar-refractivity contribution < 1.29 is 18.7 Å². The van der Waals surface area contributed by atoms with E-state index in [-0.39, 0.29) is 18.1 Å². The Labute approximate surface area is 122 Å². The molecular weight excluding hydrogens is 273 g/mol. The van der Waals surface area contributed by atoms with Crippen LogP contribution in [0.3, 0.4) is 0 Å². The number of amides is 1. The van der Waals surface area contributed by atoms with Crippen LogP contribution in [-0.4, -0.2) is 20.1 Å². The summed E-state index contributed by atoms with van der Waals surface area (Å²) in [7, 11) is 2.97. The molecule has 0 aliphatic carbocycles. The highest BCUT2D eigenvalue weighted by atomic mass is 19.1. The van der Waals surface area contributed by atoms with Crippen LogP contribution in [0.25, 0.3) is 0 Å². The third kappa shape index (κ3) is 3.95. The number of nitrogens with one attached hydrogen (secondary N) is 1. The monoisotopic (exact) mass is 289 g/mol. The summed E-state index contributed by atoms with van der Waals surface area (Å²) >= 11 is 0. The van der Waals surface area contributed by atoms with Gasteiger partial charge in [-0.1, -0.05) is 6.07 Å². The molecule has 0 unspecified atom stereocenters. The molecule has 2 aromatic rings. The Bertz CT molecular complexity index is 626. The van der Waals surface area contributed by atoms with E-state index in [4.69, 9.17) is 9.47 Å². The van der Waals surface area contributed by atoms with Gasteiger partial charge in [0.1, 0.15) is 5.75 Å². The molecule has 0 aliphatic rings. The molecule has 0 spiro atoms. The molecule has 0 heterocycles. The van der Waals surface area contributed by atoms with Crippen molar-refractivity contribution in [2.45, 2.75) is 6.42 Å². The van der Waals surface area contributed by atoms with Crippen LogP contribution in [0.15, 0.2) is 42.5 Å². The van der Waals surface area contributed by atoms with Gasteiger partial charge >= 0.3 is 0 Å². The predicted molar refractivity (Wildman–Crippen MR) is 78.3 cm³/mol. The van der Waals surface area contributed by atoms with Crippen molar-refractivity contribution in [2.75, 3.05) is 19.5 Å². The van der Waals surface area contributed by atoms with E-state index in [1.54, 1.807) is 37.4 Å². The molecule has 0 saturated heterocycles. The second kappa shape index (κ2) is 6.74. The van der Waals surface area contributed by atoms with Gasteiger partial charge in [0.15, 0.2) is 11.6 Å². The minimum Gasteiger partial charge on any atom is -0.497 e. The maximum atomic E-state index is 13.5. The summed E-state index contributed by atoms with van der Waals surface area (Å²) in [5, 5.41) is 2.74. The molecule has 0 fully saturated rings. The fourth-order valence-corrected chi connectivity index (χ4v) is 1.88. The summed E-state index contributed by atoms with van der Waals surface area (Å²) < 4.78 is 23.4. The van der Waals surface area contributed by atoms with Gasteiger partial charge in [-0.2, -0.15) is 0 Å². The molecule has 1 amide bonds. The van der Waals surface area contributed by atoms with Crippen molar-refractivity contribution in [1.82, 2.24) is 0 Å². The normalized spacial score (nSPS) is 10.0. The maximum Gasteiger partial charge on any atom is 0.228 e. The van der Waals surface area contributed by atoms with Crippen molar-refractivity contribution in [3.8, 4) is 11.5 Å². The molecule has 0 radical (unpaired) electrons. The lowest BCUT2D eigenvalue weighted by molar-refractivity contribution is -0.115. The number of methoxy groups -OCH3 is 2. The smallest absolute Gasteiger partial charge is 0.228 e. The molecule has 4 nitrogen and oxygen atoms in total. The number of benzene rings is 2. The Morgan fingerprint density at radius 2 is 1.81 bits per heavy atom. The number of carbonyl (C=O) groups excluding carboxylic acids is 1. The van der Waals surface area contributed by atoms with Crippen LogP contribution in [0.1, 0.15) is 5.56 Å². The Morgan fingerprint density at radius 3 is 2.38 bits per heavy atom. The van der Waals surface area contributed by atoms with Crippen LogP contribution in [0, 0.1) is 5.82 Å². The van der Waals surface area contributed by atoms with Gasteiger partial charge in [0.25, 0.3) is 0 Å². The molecule has 0 atom stereocenters. The first-order valence-corrected chi connectivity index (χ1v) is 6.38. The summed E-state index contributed by atoms with van der Waals surface area (Å²) in [4.78, 5) is 11.9. The van der Waals surface area contributed by atoms with Gasteiger partial charge in [0.05, 0.1) is 20.6 Å². The molecule has 0 aromatic heterocycles. The van der Waals surface area contributed by atoms with E-state index in [9.17, 15) is 9.18 Å². The van der Waals surface area contributed by atoms with Gasteiger partial charge in [-0.05, 0) is 42.0 Å². The molecule has 1 N–H and O–H groups in total. The summed E-state index contributed by atoms with van der Waals surface area (Å²) in [5.74, 6) is 0.177. The number of ether oxygens (including phenoxy) is 2. The Morgan fingerprint density at radius 1 is 1.10 bits per heavy atom. The highest BCUT2D eigenvalue weighted by Gasteiger charge is 2.08. The molecule has 2 rings (SSSR count). The van der Waals surface area contributed by atoms with Crippen LogP contribution in [0.5, 0.6) is 11.5 Å². The number of rotatable bonds is 5. The summed E-state index contributed by atoms with van der Waals surface area (Å²) in [6.07, 6.45) is 0.0902. The zero-order valence-corrected chi connectivity index (χ0v) is 11.9. The second-order valence-electron chi connectivity index (χ2n) is 4.42. The molecule has 0 aliphatic heterocycles. The lowest BCUT2D eigenvalue weighted by atomic mass is 10.1. The van der Waals surface area contributed by atoms with Crippen molar-refractivity contribution in [3.63, 3.8) is 0 Å². The third-order valence-electron chi connectivity index (χ3n) is 2.95. The van der Waals surface area contributed by atoms with Crippen LogP contribution in [0.2, 0.25) is 0 Å². The molecule has 2 aromatic carbocycles. The topological polar surface area (TPSA) is 47.6 Å². The van der Waals surface area contributed by atoms with E-state index in [1.807, 2.05) is 0 Å². The first kappa shape index (κ1) is 14.8. The van der Waals surface area contributed by atoms with E-state index >= 15 is 0 Å². The minimum atomic E-state index is -0.479. The predicted octanol–water partition coefficient (Wildman–Crippen LogP) is 3.02. The van der Waals surface area contributed by atoms with E-state index in [0.29, 0.717) is 17.0 Å². The van der Waals surface area contributed by atoms with Crippen LogP contribution < -0.4 is 14.8 Å². The van der Waals surface area contributed by atoms with Gasteiger partial charge < -0.3 is 14.8 Å². The van der Waals surface area contributed by atoms with Crippen LogP contribution in [-0.2, 0) is 11.2 Å². The van der Waals surface area contributed by atoms with Gasteiger partial charge in [0, 0.05) is 5.69 Å². The van der Waals surface area contributed by atoms with E-state index < -0.39 is 5.82 Å². The summed E-state index contributed by atoms with van der Waals surface area (Å²) in [6, 6.07) is 11.5. The average Bonchev–Trinajstić information content (AvgIpc) is 2.48. The summed E-state index contributed by atoms with van der Waals surface area (Å²) in [5.41, 5.74) is 1.24. The molecule has 5 heteroatoms.